The summed E-state index contributed by atoms with van der Waals surface area (Å²) in [6.45, 7) is 1.85. The van der Waals surface area contributed by atoms with Crippen LogP contribution in [0.25, 0.3) is 5.69 Å². The molecule has 3 aromatic rings. The molecule has 1 aromatic heterocycles. The smallest absolute Gasteiger partial charge is 0.334 e. The van der Waals surface area contributed by atoms with Crippen molar-refractivity contribution in [3.05, 3.63) is 91.6 Å². The zero-order valence-corrected chi connectivity index (χ0v) is 15.4. The molecule has 2 N–H and O–H groups in total. The van der Waals surface area contributed by atoms with Crippen LogP contribution in [0.4, 0.5) is 5.82 Å². The number of H-pyrrole nitrogens is 1. The summed E-state index contributed by atoms with van der Waals surface area (Å²) in [4.78, 5) is 29.4. The fraction of sp³-hybridized carbons (Fsp3) is 0.200. The molecule has 138 valence electrons. The number of fused-ring (bicyclic) bond motifs is 1. The lowest BCUT2D eigenvalue weighted by atomic mass is 10.1. The lowest BCUT2D eigenvalue weighted by Gasteiger charge is -2.30. The predicted molar refractivity (Wildman–Crippen MR) is 107 cm³/mol. The molecule has 0 amide bonds. The number of anilines is 1. The van der Waals surface area contributed by atoms with Crippen LogP contribution in [0, 0.1) is 0 Å². The van der Waals surface area contributed by atoms with Crippen molar-refractivity contribution < 1.29 is 0 Å². The van der Waals surface area contributed by atoms with E-state index in [4.69, 9.17) is 11.6 Å². The van der Waals surface area contributed by atoms with Crippen molar-refractivity contribution in [2.24, 2.45) is 0 Å². The van der Waals surface area contributed by atoms with Crippen molar-refractivity contribution >= 4 is 17.4 Å². The topological polar surface area (TPSA) is 70.1 Å². The Balaban J connectivity index is 1.63. The number of hydrogen-bond donors (Lipinski definition) is 2. The van der Waals surface area contributed by atoms with Crippen LogP contribution in [0.15, 0.2) is 64.2 Å². The van der Waals surface area contributed by atoms with Crippen molar-refractivity contribution in [3.63, 3.8) is 0 Å². The van der Waals surface area contributed by atoms with Gasteiger partial charge in [0.1, 0.15) is 5.82 Å². The summed E-state index contributed by atoms with van der Waals surface area (Å²) in [5.41, 5.74) is 1.58. The van der Waals surface area contributed by atoms with Gasteiger partial charge in [-0.15, -0.1) is 0 Å². The molecular weight excluding hydrogens is 364 g/mol. The standard InChI is InChI=1S/C20H19ClN4O2/c21-15-7-4-8-16(11-15)25-18-17(19(26)23-20(25)27)12-24(13-22-18)10-9-14-5-2-1-3-6-14/h1-8,11,22H,9-10,12-13H2,(H,23,26,27). The Morgan fingerprint density at radius 1 is 1.04 bits per heavy atom. The summed E-state index contributed by atoms with van der Waals surface area (Å²) in [7, 11) is 0. The molecule has 0 saturated heterocycles. The predicted octanol–water partition coefficient (Wildman–Crippen LogP) is 2.61. The molecule has 0 fully saturated rings. The second-order valence-electron chi connectivity index (χ2n) is 6.52. The molecule has 0 aliphatic carbocycles. The highest BCUT2D eigenvalue weighted by atomic mass is 35.5. The number of hydrogen-bond acceptors (Lipinski definition) is 4. The molecule has 4 rings (SSSR count). The van der Waals surface area contributed by atoms with Gasteiger partial charge < -0.3 is 5.32 Å². The first-order chi connectivity index (χ1) is 13.1. The first-order valence-electron chi connectivity index (χ1n) is 8.76. The summed E-state index contributed by atoms with van der Waals surface area (Å²) < 4.78 is 1.47. The normalized spacial score (nSPS) is 13.8. The number of benzene rings is 2. The van der Waals surface area contributed by atoms with E-state index in [1.54, 1.807) is 24.3 Å². The van der Waals surface area contributed by atoms with E-state index < -0.39 is 5.69 Å². The first kappa shape index (κ1) is 17.6. The van der Waals surface area contributed by atoms with Gasteiger partial charge in [0.2, 0.25) is 0 Å². The number of nitrogens with zero attached hydrogens (tertiary/aromatic N) is 2. The van der Waals surface area contributed by atoms with Gasteiger partial charge in [-0.1, -0.05) is 48.0 Å². The minimum atomic E-state index is -0.480. The zero-order chi connectivity index (χ0) is 18.8. The quantitative estimate of drug-likeness (QED) is 0.727. The second kappa shape index (κ2) is 7.42. The van der Waals surface area contributed by atoms with E-state index >= 15 is 0 Å². The highest BCUT2D eigenvalue weighted by molar-refractivity contribution is 6.30. The summed E-state index contributed by atoms with van der Waals surface area (Å²) in [5.74, 6) is 0.530. The minimum absolute atomic E-state index is 0.356. The van der Waals surface area contributed by atoms with Crippen LogP contribution >= 0.6 is 11.6 Å². The molecule has 1 aliphatic heterocycles. The van der Waals surface area contributed by atoms with Gasteiger partial charge in [-0.25, -0.2) is 9.36 Å². The van der Waals surface area contributed by atoms with E-state index in [0.29, 0.717) is 35.3 Å². The molecule has 6 nitrogen and oxygen atoms in total. The van der Waals surface area contributed by atoms with E-state index in [1.807, 2.05) is 18.2 Å². The van der Waals surface area contributed by atoms with Crippen LogP contribution in [0.5, 0.6) is 0 Å². The van der Waals surface area contributed by atoms with Gasteiger partial charge in [0.15, 0.2) is 0 Å². The molecule has 0 bridgehead atoms. The van der Waals surface area contributed by atoms with Gasteiger partial charge in [0.25, 0.3) is 5.56 Å². The van der Waals surface area contributed by atoms with Crippen molar-refractivity contribution in [2.75, 3.05) is 18.5 Å². The van der Waals surface area contributed by atoms with Crippen LogP contribution in [0.1, 0.15) is 11.1 Å². The van der Waals surface area contributed by atoms with Crippen LogP contribution in [0.2, 0.25) is 5.02 Å². The summed E-state index contributed by atoms with van der Waals surface area (Å²) >= 11 is 6.07. The van der Waals surface area contributed by atoms with Crippen molar-refractivity contribution in [1.82, 2.24) is 14.5 Å². The summed E-state index contributed by atoms with van der Waals surface area (Å²) in [5, 5.41) is 3.77. The lowest BCUT2D eigenvalue weighted by Crippen LogP contribution is -2.43. The Kier molecular flexibility index (Phi) is 4.83. The molecule has 2 heterocycles. The van der Waals surface area contributed by atoms with Crippen molar-refractivity contribution in [3.8, 4) is 5.69 Å². The molecule has 2 aromatic carbocycles. The second-order valence-corrected chi connectivity index (χ2v) is 6.96. The summed E-state index contributed by atoms with van der Waals surface area (Å²) in [6, 6.07) is 17.2. The number of nitrogens with one attached hydrogen (secondary N) is 2. The van der Waals surface area contributed by atoms with Crippen LogP contribution in [0.3, 0.4) is 0 Å². The molecule has 0 unspecified atom stereocenters. The maximum atomic E-state index is 12.4. The highest BCUT2D eigenvalue weighted by Crippen LogP contribution is 2.22. The third-order valence-corrected chi connectivity index (χ3v) is 4.92. The Morgan fingerprint density at radius 2 is 1.85 bits per heavy atom. The number of rotatable bonds is 4. The maximum Gasteiger partial charge on any atom is 0.334 e. The Morgan fingerprint density at radius 3 is 2.63 bits per heavy atom. The van der Waals surface area contributed by atoms with Gasteiger partial charge in [-0.3, -0.25) is 14.7 Å². The Bertz CT molecular complexity index is 1080. The monoisotopic (exact) mass is 382 g/mol. The molecule has 0 spiro atoms. The Hall–Kier alpha value is -2.83. The van der Waals surface area contributed by atoms with Gasteiger partial charge in [0, 0.05) is 18.1 Å². The van der Waals surface area contributed by atoms with Gasteiger partial charge in [-0.05, 0) is 30.2 Å². The summed E-state index contributed by atoms with van der Waals surface area (Å²) in [6.07, 6.45) is 0.893. The van der Waals surface area contributed by atoms with E-state index in [0.717, 1.165) is 13.0 Å². The van der Waals surface area contributed by atoms with Gasteiger partial charge in [0.05, 0.1) is 17.9 Å². The van der Waals surface area contributed by atoms with E-state index in [-0.39, 0.29) is 5.56 Å². The van der Waals surface area contributed by atoms with E-state index in [1.165, 1.54) is 10.1 Å². The van der Waals surface area contributed by atoms with E-state index in [9.17, 15) is 9.59 Å². The van der Waals surface area contributed by atoms with Crippen molar-refractivity contribution in [2.45, 2.75) is 13.0 Å². The molecule has 1 aliphatic rings. The first-order valence-corrected chi connectivity index (χ1v) is 9.14. The number of halogens is 1. The Labute approximate surface area is 161 Å². The maximum absolute atomic E-state index is 12.4. The lowest BCUT2D eigenvalue weighted by molar-refractivity contribution is 0.275. The van der Waals surface area contributed by atoms with E-state index in [2.05, 4.69) is 27.3 Å². The molecule has 27 heavy (non-hydrogen) atoms. The van der Waals surface area contributed by atoms with Gasteiger partial charge >= 0.3 is 5.69 Å². The van der Waals surface area contributed by atoms with Crippen LogP contribution < -0.4 is 16.6 Å². The third kappa shape index (κ3) is 3.67. The number of aromatic nitrogens is 2. The highest BCUT2D eigenvalue weighted by Gasteiger charge is 2.23. The minimum Gasteiger partial charge on any atom is -0.358 e. The molecule has 0 radical (unpaired) electrons. The molecular formula is C20H19ClN4O2. The third-order valence-electron chi connectivity index (χ3n) is 4.68. The fourth-order valence-electron chi connectivity index (χ4n) is 3.32. The molecule has 7 heteroatoms. The van der Waals surface area contributed by atoms with Crippen LogP contribution in [-0.2, 0) is 13.0 Å². The average molecular weight is 383 g/mol. The largest absolute Gasteiger partial charge is 0.358 e. The average Bonchev–Trinajstić information content (AvgIpc) is 2.67. The number of aromatic amines is 1. The van der Waals surface area contributed by atoms with Crippen LogP contribution in [-0.4, -0.2) is 27.7 Å². The SMILES string of the molecule is O=c1[nH]c(=O)n(-c2cccc(Cl)c2)c2c1CN(CCc1ccccc1)CN2. The zero-order valence-electron chi connectivity index (χ0n) is 14.6. The van der Waals surface area contributed by atoms with Gasteiger partial charge in [-0.2, -0.15) is 0 Å². The molecule has 0 atom stereocenters. The molecule has 0 saturated carbocycles. The van der Waals surface area contributed by atoms with Crippen molar-refractivity contribution in [1.29, 1.82) is 0 Å². The fourth-order valence-corrected chi connectivity index (χ4v) is 3.51.